The van der Waals surface area contributed by atoms with E-state index in [4.69, 9.17) is 9.47 Å². The maximum Gasteiger partial charge on any atom is 0.227 e. The molecule has 1 aliphatic rings. The Morgan fingerprint density at radius 3 is 2.23 bits per heavy atom. The van der Waals surface area contributed by atoms with Crippen molar-refractivity contribution in [3.63, 3.8) is 0 Å². The Morgan fingerprint density at radius 1 is 1.12 bits per heavy atom. The van der Waals surface area contributed by atoms with E-state index in [2.05, 4.69) is 10.0 Å². The van der Waals surface area contributed by atoms with E-state index in [0.717, 1.165) is 5.56 Å². The number of carbonyl (C=O) groups is 1. The van der Waals surface area contributed by atoms with Gasteiger partial charge in [0.25, 0.3) is 0 Å². The fourth-order valence-electron chi connectivity index (χ4n) is 3.16. The summed E-state index contributed by atoms with van der Waals surface area (Å²) in [6, 6.07) is 3.50. The van der Waals surface area contributed by atoms with Crippen molar-refractivity contribution in [2.45, 2.75) is 45.6 Å². The van der Waals surface area contributed by atoms with Gasteiger partial charge < -0.3 is 14.8 Å². The quantitative estimate of drug-likeness (QED) is 0.753. The molecule has 1 amide bonds. The molecule has 0 heterocycles. The number of anilines is 1. The second kappa shape index (κ2) is 8.73. The van der Waals surface area contributed by atoms with Crippen LogP contribution in [0.25, 0.3) is 0 Å². The molecule has 0 unspecified atom stereocenters. The van der Waals surface area contributed by atoms with Crippen molar-refractivity contribution in [2.24, 2.45) is 5.92 Å². The first-order valence-corrected chi connectivity index (χ1v) is 10.5. The standard InChI is InChI=1S/C18H28N2O5S/c1-5-26(22,23)20-14-8-6-13(7-9-14)18(21)19-15-11-17(25-4)16(24-3)10-12(15)2/h10-11,13-14,20H,5-9H2,1-4H3,(H,19,21). The lowest BCUT2D eigenvalue weighted by Gasteiger charge is -2.28. The van der Waals surface area contributed by atoms with E-state index >= 15 is 0 Å². The molecule has 0 aromatic heterocycles. The smallest absolute Gasteiger partial charge is 0.227 e. The van der Waals surface area contributed by atoms with Crippen LogP contribution in [-0.4, -0.2) is 40.3 Å². The third-order valence-corrected chi connectivity index (χ3v) is 6.27. The zero-order chi connectivity index (χ0) is 19.3. The number of nitrogens with one attached hydrogen (secondary N) is 2. The van der Waals surface area contributed by atoms with Crippen molar-refractivity contribution >= 4 is 21.6 Å². The summed E-state index contributed by atoms with van der Waals surface area (Å²) in [6.07, 6.45) is 2.66. The van der Waals surface area contributed by atoms with Crippen molar-refractivity contribution < 1.29 is 22.7 Å². The van der Waals surface area contributed by atoms with Crippen LogP contribution in [0.5, 0.6) is 11.5 Å². The molecule has 0 spiro atoms. The Labute approximate surface area is 155 Å². The largest absolute Gasteiger partial charge is 0.493 e. The van der Waals surface area contributed by atoms with E-state index in [0.29, 0.717) is 42.9 Å². The van der Waals surface area contributed by atoms with Gasteiger partial charge in [-0.05, 0) is 51.2 Å². The lowest BCUT2D eigenvalue weighted by atomic mass is 9.86. The van der Waals surface area contributed by atoms with E-state index < -0.39 is 10.0 Å². The predicted molar refractivity (Wildman–Crippen MR) is 101 cm³/mol. The second-order valence-electron chi connectivity index (χ2n) is 6.58. The molecular formula is C18H28N2O5S. The van der Waals surface area contributed by atoms with E-state index in [1.165, 1.54) is 0 Å². The zero-order valence-electron chi connectivity index (χ0n) is 15.8. The van der Waals surface area contributed by atoms with Gasteiger partial charge in [0.1, 0.15) is 0 Å². The molecule has 1 aromatic carbocycles. The van der Waals surface area contributed by atoms with E-state index in [9.17, 15) is 13.2 Å². The number of hydrogen-bond acceptors (Lipinski definition) is 5. The Hall–Kier alpha value is -1.80. The van der Waals surface area contributed by atoms with Gasteiger partial charge in [0, 0.05) is 23.7 Å². The minimum Gasteiger partial charge on any atom is -0.493 e. The first kappa shape index (κ1) is 20.5. The number of rotatable bonds is 7. The van der Waals surface area contributed by atoms with Crippen LogP contribution >= 0.6 is 0 Å². The average Bonchev–Trinajstić information content (AvgIpc) is 2.63. The first-order chi connectivity index (χ1) is 12.3. The zero-order valence-corrected chi connectivity index (χ0v) is 16.6. The normalized spacial score (nSPS) is 20.5. The van der Waals surface area contributed by atoms with E-state index in [1.54, 1.807) is 27.2 Å². The summed E-state index contributed by atoms with van der Waals surface area (Å²) in [6.45, 7) is 3.51. The summed E-state index contributed by atoms with van der Waals surface area (Å²) in [5, 5.41) is 2.97. The van der Waals surface area contributed by atoms with Gasteiger partial charge in [-0.3, -0.25) is 4.79 Å². The molecule has 0 bridgehead atoms. The molecule has 2 N–H and O–H groups in total. The van der Waals surface area contributed by atoms with Gasteiger partial charge >= 0.3 is 0 Å². The topological polar surface area (TPSA) is 93.7 Å². The highest BCUT2D eigenvalue weighted by atomic mass is 32.2. The Balaban J connectivity index is 1.97. The van der Waals surface area contributed by atoms with Crippen LogP contribution in [0, 0.1) is 12.8 Å². The summed E-state index contributed by atoms with van der Waals surface area (Å²) in [4.78, 5) is 12.6. The number of benzene rings is 1. The number of carbonyl (C=O) groups excluding carboxylic acids is 1. The molecule has 7 nitrogen and oxygen atoms in total. The molecule has 0 saturated heterocycles. The number of sulfonamides is 1. The predicted octanol–water partition coefficient (Wildman–Crippen LogP) is 2.45. The summed E-state index contributed by atoms with van der Waals surface area (Å²) in [5.41, 5.74) is 1.59. The summed E-state index contributed by atoms with van der Waals surface area (Å²) < 4.78 is 36.6. The summed E-state index contributed by atoms with van der Waals surface area (Å²) >= 11 is 0. The Morgan fingerprint density at radius 2 is 1.69 bits per heavy atom. The third-order valence-electron chi connectivity index (χ3n) is 4.81. The lowest BCUT2D eigenvalue weighted by molar-refractivity contribution is -0.120. The Bertz CT molecular complexity index is 740. The van der Waals surface area contributed by atoms with Crippen molar-refractivity contribution in [1.29, 1.82) is 0 Å². The van der Waals surface area contributed by atoms with Crippen LogP contribution in [0.4, 0.5) is 5.69 Å². The van der Waals surface area contributed by atoms with Crippen molar-refractivity contribution in [3.8, 4) is 11.5 Å². The number of ether oxygens (including phenoxy) is 2. The van der Waals surface area contributed by atoms with Gasteiger partial charge in [0.2, 0.25) is 15.9 Å². The van der Waals surface area contributed by atoms with Crippen LogP contribution < -0.4 is 19.5 Å². The molecule has 0 atom stereocenters. The molecule has 0 radical (unpaired) electrons. The Kier molecular flexibility index (Phi) is 6.88. The minimum atomic E-state index is -3.20. The van der Waals surface area contributed by atoms with Crippen molar-refractivity contribution in [2.75, 3.05) is 25.3 Å². The van der Waals surface area contributed by atoms with Crippen molar-refractivity contribution in [3.05, 3.63) is 17.7 Å². The fourth-order valence-corrected chi connectivity index (χ4v) is 4.07. The van der Waals surface area contributed by atoms with E-state index in [-0.39, 0.29) is 23.6 Å². The van der Waals surface area contributed by atoms with Gasteiger partial charge in [-0.15, -0.1) is 0 Å². The highest BCUT2D eigenvalue weighted by molar-refractivity contribution is 7.89. The average molecular weight is 384 g/mol. The molecule has 1 fully saturated rings. The maximum atomic E-state index is 12.6. The van der Waals surface area contributed by atoms with Crippen molar-refractivity contribution in [1.82, 2.24) is 4.72 Å². The first-order valence-electron chi connectivity index (χ1n) is 8.83. The molecule has 2 rings (SSSR count). The van der Waals surface area contributed by atoms with Gasteiger partial charge in [0.15, 0.2) is 11.5 Å². The van der Waals surface area contributed by atoms with Crippen LogP contribution in [0.1, 0.15) is 38.2 Å². The molecular weight excluding hydrogens is 356 g/mol. The van der Waals surface area contributed by atoms with Gasteiger partial charge in [0.05, 0.1) is 20.0 Å². The highest BCUT2D eigenvalue weighted by Crippen LogP contribution is 2.34. The van der Waals surface area contributed by atoms with E-state index in [1.807, 2.05) is 13.0 Å². The number of hydrogen-bond donors (Lipinski definition) is 2. The SMILES string of the molecule is CCS(=O)(=O)NC1CCC(C(=O)Nc2cc(OC)c(OC)cc2C)CC1. The second-order valence-corrected chi connectivity index (χ2v) is 8.62. The van der Waals surface area contributed by atoms with Crippen LogP contribution in [0.15, 0.2) is 12.1 Å². The molecule has 1 aromatic rings. The van der Waals surface area contributed by atoms with Crippen LogP contribution in [-0.2, 0) is 14.8 Å². The lowest BCUT2D eigenvalue weighted by Crippen LogP contribution is -2.40. The van der Waals surface area contributed by atoms with Gasteiger partial charge in [-0.1, -0.05) is 0 Å². The molecule has 8 heteroatoms. The molecule has 0 aliphatic heterocycles. The van der Waals surface area contributed by atoms with Gasteiger partial charge in [-0.2, -0.15) is 0 Å². The number of aryl methyl sites for hydroxylation is 1. The molecule has 26 heavy (non-hydrogen) atoms. The highest BCUT2D eigenvalue weighted by Gasteiger charge is 2.28. The molecule has 1 saturated carbocycles. The summed E-state index contributed by atoms with van der Waals surface area (Å²) in [5.74, 6) is 1.09. The molecule has 1 aliphatic carbocycles. The fraction of sp³-hybridized carbons (Fsp3) is 0.611. The molecule has 146 valence electrons. The third kappa shape index (κ3) is 5.11. The maximum absolute atomic E-state index is 12.6. The number of amides is 1. The summed E-state index contributed by atoms with van der Waals surface area (Å²) in [7, 11) is -0.0785. The minimum absolute atomic E-state index is 0.0443. The number of methoxy groups -OCH3 is 2. The van der Waals surface area contributed by atoms with Crippen LogP contribution in [0.3, 0.4) is 0 Å². The van der Waals surface area contributed by atoms with Crippen LogP contribution in [0.2, 0.25) is 0 Å². The van der Waals surface area contributed by atoms with Gasteiger partial charge in [-0.25, -0.2) is 13.1 Å². The monoisotopic (exact) mass is 384 g/mol.